The van der Waals surface area contributed by atoms with Crippen LogP contribution in [-0.2, 0) is 14.7 Å². The Morgan fingerprint density at radius 2 is 1.59 bits per heavy atom. The van der Waals surface area contributed by atoms with Crippen molar-refractivity contribution in [2.24, 2.45) is 0 Å². The highest BCUT2D eigenvalue weighted by molar-refractivity contribution is 6.62. The van der Waals surface area contributed by atoms with Crippen molar-refractivity contribution < 1.29 is 18.5 Å². The zero-order valence-corrected chi connectivity index (χ0v) is 14.4. The Hall–Kier alpha value is -1.20. The summed E-state index contributed by atoms with van der Waals surface area (Å²) in [7, 11) is -0.814. The Morgan fingerprint density at radius 3 is 2.00 bits per heavy atom. The summed E-state index contributed by atoms with van der Waals surface area (Å²) in [6.07, 6.45) is 0.541. The van der Waals surface area contributed by atoms with E-state index in [0.717, 1.165) is 5.56 Å². The molecule has 0 aliphatic carbocycles. The lowest BCUT2D eigenvalue weighted by molar-refractivity contribution is 0.00578. The molecule has 0 aromatic heterocycles. The third-order valence-corrected chi connectivity index (χ3v) is 4.63. The molecule has 1 aromatic rings. The summed E-state index contributed by atoms with van der Waals surface area (Å²) in [6.45, 7) is 13.7. The lowest BCUT2D eigenvalue weighted by atomic mass is 9.74. The zero-order chi connectivity index (χ0) is 16.9. The van der Waals surface area contributed by atoms with Crippen LogP contribution in [0.15, 0.2) is 12.1 Å². The summed E-state index contributed by atoms with van der Waals surface area (Å²) in [6, 6.07) is 3.33. The van der Waals surface area contributed by atoms with Gasteiger partial charge in [-0.1, -0.05) is 26.8 Å². The van der Waals surface area contributed by atoms with Gasteiger partial charge < -0.3 is 9.31 Å². The van der Waals surface area contributed by atoms with Gasteiger partial charge in [-0.25, -0.2) is 4.39 Å². The van der Waals surface area contributed by atoms with Gasteiger partial charge in [0, 0.05) is 11.0 Å². The molecule has 0 atom stereocenters. The number of benzene rings is 1. The van der Waals surface area contributed by atoms with E-state index >= 15 is 0 Å². The predicted octanol–water partition coefficient (Wildman–Crippen LogP) is 3.23. The molecular formula is C17H24BFO3. The molecule has 1 aliphatic heterocycles. The highest BCUT2D eigenvalue weighted by Gasteiger charge is 2.52. The Kier molecular flexibility index (Phi) is 4.03. The monoisotopic (exact) mass is 306 g/mol. The lowest BCUT2D eigenvalue weighted by Crippen LogP contribution is -2.41. The van der Waals surface area contributed by atoms with Crippen molar-refractivity contribution in [3.05, 3.63) is 29.1 Å². The van der Waals surface area contributed by atoms with Crippen LogP contribution in [-0.4, -0.2) is 24.6 Å². The van der Waals surface area contributed by atoms with Crippen LogP contribution >= 0.6 is 0 Å². The average Bonchev–Trinajstić information content (AvgIpc) is 2.57. The van der Waals surface area contributed by atoms with Crippen LogP contribution in [0.25, 0.3) is 0 Å². The van der Waals surface area contributed by atoms with Crippen LogP contribution in [0.3, 0.4) is 0 Å². The van der Waals surface area contributed by atoms with Crippen LogP contribution < -0.4 is 5.46 Å². The van der Waals surface area contributed by atoms with Crippen LogP contribution in [0.1, 0.15) is 64.4 Å². The van der Waals surface area contributed by atoms with Gasteiger partial charge in [0.2, 0.25) is 0 Å². The standard InChI is InChI=1S/C17H24BFO3/c1-15(2,3)12-8-11(10-20)14(19)13(9-12)18-21-16(4,5)17(6,7)22-18/h8-10H,1-7H3. The minimum absolute atomic E-state index is 0.0390. The average molecular weight is 306 g/mol. The molecule has 5 heteroatoms. The molecule has 120 valence electrons. The molecule has 3 nitrogen and oxygen atoms in total. The normalized spacial score (nSPS) is 20.3. The quantitative estimate of drug-likeness (QED) is 0.621. The SMILES string of the molecule is CC(C)(C)c1cc(C=O)c(F)c(B2OC(C)(C)C(C)(C)O2)c1. The second-order valence-electron chi connectivity index (χ2n) is 7.92. The first-order valence-corrected chi connectivity index (χ1v) is 7.54. The first-order chi connectivity index (χ1) is 9.89. The second kappa shape index (κ2) is 5.17. The summed E-state index contributed by atoms with van der Waals surface area (Å²) >= 11 is 0. The van der Waals surface area contributed by atoms with E-state index in [1.165, 1.54) is 0 Å². The molecule has 0 N–H and O–H groups in total. The molecule has 22 heavy (non-hydrogen) atoms. The van der Waals surface area contributed by atoms with Crippen LogP contribution in [0.4, 0.5) is 4.39 Å². The number of rotatable bonds is 2. The Labute approximate surface area is 132 Å². The van der Waals surface area contributed by atoms with Crippen LogP contribution in [0.5, 0.6) is 0 Å². The van der Waals surface area contributed by atoms with Gasteiger partial charge in [-0.15, -0.1) is 0 Å². The van der Waals surface area contributed by atoms with Gasteiger partial charge in [0.1, 0.15) is 5.82 Å². The van der Waals surface area contributed by atoms with Crippen molar-refractivity contribution in [2.75, 3.05) is 0 Å². The highest BCUT2D eigenvalue weighted by atomic mass is 19.1. The third-order valence-electron chi connectivity index (χ3n) is 4.63. The maximum atomic E-state index is 14.6. The Morgan fingerprint density at radius 1 is 1.09 bits per heavy atom. The van der Waals surface area contributed by atoms with Crippen molar-refractivity contribution in [1.29, 1.82) is 0 Å². The lowest BCUT2D eigenvalue weighted by Gasteiger charge is -2.32. The molecule has 0 saturated carbocycles. The molecule has 0 unspecified atom stereocenters. The zero-order valence-electron chi connectivity index (χ0n) is 14.4. The largest absolute Gasteiger partial charge is 0.497 e. The van der Waals surface area contributed by atoms with Crippen molar-refractivity contribution in [2.45, 2.75) is 65.1 Å². The molecule has 2 rings (SSSR count). The van der Waals surface area contributed by atoms with Gasteiger partial charge >= 0.3 is 7.12 Å². The number of carbonyl (C=O) groups excluding carboxylic acids is 1. The maximum absolute atomic E-state index is 14.6. The van der Waals surface area contributed by atoms with Crippen molar-refractivity contribution >= 4 is 18.9 Å². The number of aldehydes is 1. The molecule has 1 aromatic carbocycles. The highest BCUT2D eigenvalue weighted by Crippen LogP contribution is 2.37. The van der Waals surface area contributed by atoms with Gasteiger partial charge in [0.05, 0.1) is 11.2 Å². The summed E-state index contributed by atoms with van der Waals surface area (Å²) in [4.78, 5) is 11.2. The van der Waals surface area contributed by atoms with Crippen molar-refractivity contribution in [3.8, 4) is 0 Å². The van der Waals surface area contributed by atoms with E-state index in [9.17, 15) is 9.18 Å². The smallest absolute Gasteiger partial charge is 0.399 e. The summed E-state index contributed by atoms with van der Waals surface area (Å²) < 4.78 is 26.4. The third kappa shape index (κ3) is 2.84. The van der Waals surface area contributed by atoms with E-state index in [1.54, 1.807) is 12.1 Å². The van der Waals surface area contributed by atoms with Gasteiger partial charge in [0.15, 0.2) is 6.29 Å². The number of halogens is 1. The molecule has 0 radical (unpaired) electrons. The fourth-order valence-electron chi connectivity index (χ4n) is 2.33. The fraction of sp³-hybridized carbons (Fsp3) is 0.588. The van der Waals surface area contributed by atoms with Gasteiger partial charge in [0.25, 0.3) is 0 Å². The van der Waals surface area contributed by atoms with E-state index in [0.29, 0.717) is 6.29 Å². The van der Waals surface area contributed by atoms with E-state index < -0.39 is 24.1 Å². The van der Waals surface area contributed by atoms with E-state index in [2.05, 4.69) is 0 Å². The molecule has 0 amide bonds. The molecule has 1 heterocycles. The van der Waals surface area contributed by atoms with E-state index in [-0.39, 0.29) is 16.4 Å². The minimum atomic E-state index is -0.814. The molecule has 1 aliphatic rings. The second-order valence-corrected chi connectivity index (χ2v) is 7.92. The van der Waals surface area contributed by atoms with E-state index in [1.807, 2.05) is 48.5 Å². The number of hydrogen-bond donors (Lipinski definition) is 0. The summed E-state index contributed by atoms with van der Waals surface area (Å²) in [5.41, 5.74) is -0.109. The van der Waals surface area contributed by atoms with Crippen LogP contribution in [0.2, 0.25) is 0 Å². The maximum Gasteiger partial charge on any atom is 0.497 e. The molecule has 1 fully saturated rings. The first-order valence-electron chi connectivity index (χ1n) is 7.54. The molecular weight excluding hydrogens is 282 g/mol. The Bertz CT molecular complexity index is 587. The van der Waals surface area contributed by atoms with Gasteiger partial charge in [-0.3, -0.25) is 4.79 Å². The number of carbonyl (C=O) groups is 1. The fourth-order valence-corrected chi connectivity index (χ4v) is 2.33. The van der Waals surface area contributed by atoms with Crippen molar-refractivity contribution in [3.63, 3.8) is 0 Å². The molecule has 1 saturated heterocycles. The summed E-state index contributed by atoms with van der Waals surface area (Å²) in [5.74, 6) is -0.568. The van der Waals surface area contributed by atoms with Crippen molar-refractivity contribution in [1.82, 2.24) is 0 Å². The summed E-state index contributed by atoms with van der Waals surface area (Å²) in [5, 5.41) is 0. The first kappa shape index (κ1) is 17.2. The topological polar surface area (TPSA) is 35.5 Å². The van der Waals surface area contributed by atoms with Gasteiger partial charge in [-0.05, 0) is 44.7 Å². The molecule has 0 bridgehead atoms. The molecule has 0 spiro atoms. The van der Waals surface area contributed by atoms with Crippen LogP contribution in [0, 0.1) is 5.82 Å². The van der Waals surface area contributed by atoms with Gasteiger partial charge in [-0.2, -0.15) is 0 Å². The minimum Gasteiger partial charge on any atom is -0.399 e. The number of hydrogen-bond acceptors (Lipinski definition) is 3. The van der Waals surface area contributed by atoms with E-state index in [4.69, 9.17) is 9.31 Å². The Balaban J connectivity index is 2.54. The predicted molar refractivity (Wildman–Crippen MR) is 86.2 cm³/mol.